The second-order valence-corrected chi connectivity index (χ2v) is 5.42. The Kier molecular flexibility index (Phi) is 5.37. The van der Waals surface area contributed by atoms with E-state index >= 15 is 0 Å². The molecule has 0 radical (unpaired) electrons. The lowest BCUT2D eigenvalue weighted by molar-refractivity contribution is 0.174. The summed E-state index contributed by atoms with van der Waals surface area (Å²) in [6.07, 6.45) is -0.536. The molecule has 0 spiro atoms. The van der Waals surface area contributed by atoms with Gasteiger partial charge in [0.15, 0.2) is 0 Å². The summed E-state index contributed by atoms with van der Waals surface area (Å²) >= 11 is 0. The Bertz CT molecular complexity index is 575. The maximum absolute atomic E-state index is 10.2. The summed E-state index contributed by atoms with van der Waals surface area (Å²) < 4.78 is 5.17. The van der Waals surface area contributed by atoms with Crippen LogP contribution in [0.2, 0.25) is 0 Å². The molecule has 0 heterocycles. The summed E-state index contributed by atoms with van der Waals surface area (Å²) in [5.74, 6) is 0.765. The second kappa shape index (κ2) is 7.25. The predicted molar refractivity (Wildman–Crippen MR) is 85.6 cm³/mol. The van der Waals surface area contributed by atoms with Gasteiger partial charge in [0.05, 0.1) is 13.2 Å². The van der Waals surface area contributed by atoms with Crippen molar-refractivity contribution in [2.45, 2.75) is 26.5 Å². The molecule has 0 aromatic heterocycles. The van der Waals surface area contributed by atoms with E-state index in [1.54, 1.807) is 7.11 Å². The van der Waals surface area contributed by atoms with Crippen molar-refractivity contribution in [3.05, 3.63) is 64.7 Å². The Hall–Kier alpha value is -1.84. The smallest absolute Gasteiger partial charge is 0.119 e. The van der Waals surface area contributed by atoms with Crippen LogP contribution in [0.15, 0.2) is 42.5 Å². The van der Waals surface area contributed by atoms with Gasteiger partial charge in [-0.15, -0.1) is 0 Å². The van der Waals surface area contributed by atoms with Crippen LogP contribution in [0.5, 0.6) is 5.75 Å². The molecular formula is C18H23NO2. The molecule has 1 unspecified atom stereocenters. The molecule has 0 amide bonds. The molecule has 0 saturated carbocycles. The Labute approximate surface area is 126 Å². The summed E-state index contributed by atoms with van der Waals surface area (Å²) in [5.41, 5.74) is 4.63. The number of hydrogen-bond acceptors (Lipinski definition) is 3. The number of benzene rings is 2. The van der Waals surface area contributed by atoms with Crippen LogP contribution in [0, 0.1) is 13.8 Å². The Morgan fingerprint density at radius 1 is 1.10 bits per heavy atom. The average Bonchev–Trinajstić information content (AvgIpc) is 2.46. The molecule has 112 valence electrons. The summed E-state index contributed by atoms with van der Waals surface area (Å²) in [4.78, 5) is 0. The van der Waals surface area contributed by atoms with E-state index < -0.39 is 6.10 Å². The monoisotopic (exact) mass is 285 g/mol. The zero-order chi connectivity index (χ0) is 15.2. The highest BCUT2D eigenvalue weighted by Crippen LogP contribution is 2.18. The minimum atomic E-state index is -0.536. The standard InChI is InChI=1S/C18H23NO2/c1-13-7-14(2)9-15(8-13)11-19-12-18(20)16-5-4-6-17(10-16)21-3/h4-10,18-20H,11-12H2,1-3H3. The predicted octanol–water partition coefficient (Wildman–Crippen LogP) is 3.14. The number of aliphatic hydroxyl groups excluding tert-OH is 1. The van der Waals surface area contributed by atoms with Crippen molar-refractivity contribution in [2.24, 2.45) is 0 Å². The van der Waals surface area contributed by atoms with Crippen molar-refractivity contribution in [1.82, 2.24) is 5.32 Å². The molecule has 2 aromatic rings. The number of rotatable bonds is 6. The number of nitrogens with one attached hydrogen (secondary N) is 1. The lowest BCUT2D eigenvalue weighted by Gasteiger charge is -2.13. The van der Waals surface area contributed by atoms with Gasteiger partial charge in [-0.2, -0.15) is 0 Å². The first kappa shape index (κ1) is 15.5. The van der Waals surface area contributed by atoms with E-state index in [0.29, 0.717) is 6.54 Å². The lowest BCUT2D eigenvalue weighted by atomic mass is 10.1. The molecule has 3 nitrogen and oxygen atoms in total. The van der Waals surface area contributed by atoms with Gasteiger partial charge in [-0.1, -0.05) is 41.5 Å². The molecule has 2 rings (SSSR count). The van der Waals surface area contributed by atoms with Gasteiger partial charge in [-0.05, 0) is 37.1 Å². The largest absolute Gasteiger partial charge is 0.497 e. The van der Waals surface area contributed by atoms with E-state index in [1.165, 1.54) is 16.7 Å². The molecule has 3 heteroatoms. The Morgan fingerprint density at radius 2 is 1.81 bits per heavy atom. The summed E-state index contributed by atoms with van der Waals surface area (Å²) in [5, 5.41) is 13.5. The first-order valence-corrected chi connectivity index (χ1v) is 7.18. The topological polar surface area (TPSA) is 41.5 Å². The van der Waals surface area contributed by atoms with Crippen molar-refractivity contribution in [1.29, 1.82) is 0 Å². The van der Waals surface area contributed by atoms with Crippen LogP contribution >= 0.6 is 0 Å². The van der Waals surface area contributed by atoms with Gasteiger partial charge in [-0.25, -0.2) is 0 Å². The highest BCUT2D eigenvalue weighted by Gasteiger charge is 2.08. The van der Waals surface area contributed by atoms with Crippen molar-refractivity contribution in [2.75, 3.05) is 13.7 Å². The number of ether oxygens (including phenoxy) is 1. The van der Waals surface area contributed by atoms with E-state index in [4.69, 9.17) is 4.74 Å². The van der Waals surface area contributed by atoms with E-state index in [1.807, 2.05) is 24.3 Å². The minimum Gasteiger partial charge on any atom is -0.497 e. The SMILES string of the molecule is COc1cccc(C(O)CNCc2cc(C)cc(C)c2)c1. The second-order valence-electron chi connectivity index (χ2n) is 5.42. The number of methoxy groups -OCH3 is 1. The maximum atomic E-state index is 10.2. The summed E-state index contributed by atoms with van der Waals surface area (Å²) in [6, 6.07) is 14.0. The fourth-order valence-corrected chi connectivity index (χ4v) is 2.49. The molecule has 2 aromatic carbocycles. The van der Waals surface area contributed by atoms with Gasteiger partial charge >= 0.3 is 0 Å². The van der Waals surface area contributed by atoms with Crippen molar-refractivity contribution in [3.8, 4) is 5.75 Å². The van der Waals surface area contributed by atoms with Crippen molar-refractivity contribution < 1.29 is 9.84 Å². The minimum absolute atomic E-state index is 0.514. The van der Waals surface area contributed by atoms with Crippen LogP contribution in [0.4, 0.5) is 0 Å². The van der Waals surface area contributed by atoms with Crippen LogP contribution in [-0.4, -0.2) is 18.8 Å². The molecular weight excluding hydrogens is 262 g/mol. The molecule has 2 N–H and O–H groups in total. The highest BCUT2D eigenvalue weighted by molar-refractivity contribution is 5.30. The van der Waals surface area contributed by atoms with Crippen molar-refractivity contribution in [3.63, 3.8) is 0 Å². The molecule has 0 fully saturated rings. The van der Waals surface area contributed by atoms with E-state index in [9.17, 15) is 5.11 Å². The fourth-order valence-electron chi connectivity index (χ4n) is 2.49. The summed E-state index contributed by atoms with van der Waals surface area (Å²) in [7, 11) is 1.63. The molecule has 0 bridgehead atoms. The first-order valence-electron chi connectivity index (χ1n) is 7.18. The highest BCUT2D eigenvalue weighted by atomic mass is 16.5. The molecule has 21 heavy (non-hydrogen) atoms. The van der Waals surface area contributed by atoms with Crippen LogP contribution in [0.25, 0.3) is 0 Å². The summed E-state index contributed by atoms with van der Waals surface area (Å²) in [6.45, 7) is 5.47. The van der Waals surface area contributed by atoms with Gasteiger partial charge in [0.2, 0.25) is 0 Å². The zero-order valence-corrected chi connectivity index (χ0v) is 12.9. The van der Waals surface area contributed by atoms with Gasteiger partial charge in [-0.3, -0.25) is 0 Å². The Morgan fingerprint density at radius 3 is 2.48 bits per heavy atom. The third-order valence-electron chi connectivity index (χ3n) is 3.43. The van der Waals surface area contributed by atoms with Crippen LogP contribution in [0.3, 0.4) is 0 Å². The third kappa shape index (κ3) is 4.59. The average molecular weight is 285 g/mol. The molecule has 1 atom stereocenters. The third-order valence-corrected chi connectivity index (χ3v) is 3.43. The van der Waals surface area contributed by atoms with Gasteiger partial charge in [0.25, 0.3) is 0 Å². The van der Waals surface area contributed by atoms with E-state index in [-0.39, 0.29) is 0 Å². The van der Waals surface area contributed by atoms with Crippen molar-refractivity contribution >= 4 is 0 Å². The number of hydrogen-bond donors (Lipinski definition) is 2. The normalized spacial score (nSPS) is 12.2. The molecule has 0 aliphatic carbocycles. The molecule has 0 saturated heterocycles. The van der Waals surface area contributed by atoms with Crippen LogP contribution in [0.1, 0.15) is 28.4 Å². The lowest BCUT2D eigenvalue weighted by Crippen LogP contribution is -2.21. The Balaban J connectivity index is 1.90. The maximum Gasteiger partial charge on any atom is 0.119 e. The van der Waals surface area contributed by atoms with Crippen LogP contribution < -0.4 is 10.1 Å². The molecule has 0 aliphatic rings. The van der Waals surface area contributed by atoms with E-state index in [0.717, 1.165) is 17.9 Å². The fraction of sp³-hybridized carbons (Fsp3) is 0.333. The first-order chi connectivity index (χ1) is 10.1. The quantitative estimate of drug-likeness (QED) is 0.857. The zero-order valence-electron chi connectivity index (χ0n) is 12.9. The van der Waals surface area contributed by atoms with Gasteiger partial charge in [0, 0.05) is 13.1 Å². The number of aryl methyl sites for hydroxylation is 2. The van der Waals surface area contributed by atoms with Gasteiger partial charge < -0.3 is 15.2 Å². The van der Waals surface area contributed by atoms with E-state index in [2.05, 4.69) is 37.4 Å². The van der Waals surface area contributed by atoms with Crippen LogP contribution in [-0.2, 0) is 6.54 Å². The number of aliphatic hydroxyl groups is 1. The van der Waals surface area contributed by atoms with Gasteiger partial charge in [0.1, 0.15) is 5.75 Å². The molecule has 0 aliphatic heterocycles.